The minimum absolute atomic E-state index is 0.207. The van der Waals surface area contributed by atoms with Crippen LogP contribution in [0.15, 0.2) is 36.7 Å². The van der Waals surface area contributed by atoms with Gasteiger partial charge in [0.1, 0.15) is 11.5 Å². The Hall–Kier alpha value is -2.96. The number of nitrogens with one attached hydrogen (secondary N) is 2. The molecule has 1 aliphatic rings. The predicted molar refractivity (Wildman–Crippen MR) is 92.8 cm³/mol. The van der Waals surface area contributed by atoms with Crippen LogP contribution in [-0.2, 0) is 4.74 Å². The molecule has 130 valence electrons. The van der Waals surface area contributed by atoms with Crippen molar-refractivity contribution in [2.24, 2.45) is 0 Å². The summed E-state index contributed by atoms with van der Waals surface area (Å²) in [7, 11) is 1.33. The van der Waals surface area contributed by atoms with E-state index in [2.05, 4.69) is 20.6 Å². The SMILES string of the molecule is COC(=O)c1ccccc1Nc1cnc(C(=O)NC2CCCC2)cn1. The van der Waals surface area contributed by atoms with Crippen LogP contribution in [0.1, 0.15) is 46.5 Å². The monoisotopic (exact) mass is 340 g/mol. The summed E-state index contributed by atoms with van der Waals surface area (Å²) < 4.78 is 4.76. The van der Waals surface area contributed by atoms with E-state index in [9.17, 15) is 9.59 Å². The third-order valence-electron chi connectivity index (χ3n) is 4.17. The maximum absolute atomic E-state index is 12.2. The molecule has 0 saturated heterocycles. The third kappa shape index (κ3) is 4.12. The van der Waals surface area contributed by atoms with Crippen molar-refractivity contribution in [2.45, 2.75) is 31.7 Å². The lowest BCUT2D eigenvalue weighted by Crippen LogP contribution is -2.33. The summed E-state index contributed by atoms with van der Waals surface area (Å²) in [5, 5.41) is 5.99. The number of para-hydroxylation sites is 1. The molecule has 25 heavy (non-hydrogen) atoms. The predicted octanol–water partition coefficient (Wildman–Crippen LogP) is 2.68. The van der Waals surface area contributed by atoms with E-state index >= 15 is 0 Å². The van der Waals surface area contributed by atoms with Crippen molar-refractivity contribution >= 4 is 23.4 Å². The van der Waals surface area contributed by atoms with Crippen molar-refractivity contribution in [3.63, 3.8) is 0 Å². The standard InChI is InChI=1S/C18H20N4O3/c1-25-18(24)13-8-4-5-9-14(13)22-16-11-19-15(10-20-16)17(23)21-12-6-2-3-7-12/h4-5,8-12H,2-3,6-7H2,1H3,(H,20,22)(H,21,23). The van der Waals surface area contributed by atoms with E-state index in [4.69, 9.17) is 4.74 Å². The molecule has 1 aliphatic carbocycles. The average molecular weight is 340 g/mol. The number of amides is 1. The first kappa shape index (κ1) is 16.9. The fourth-order valence-electron chi connectivity index (χ4n) is 2.86. The summed E-state index contributed by atoms with van der Waals surface area (Å²) >= 11 is 0. The summed E-state index contributed by atoms with van der Waals surface area (Å²) in [6.45, 7) is 0. The van der Waals surface area contributed by atoms with Gasteiger partial charge in [-0.25, -0.2) is 14.8 Å². The maximum atomic E-state index is 12.2. The van der Waals surface area contributed by atoms with Crippen molar-refractivity contribution in [1.29, 1.82) is 0 Å². The van der Waals surface area contributed by atoms with Crippen LogP contribution in [0.3, 0.4) is 0 Å². The summed E-state index contributed by atoms with van der Waals surface area (Å²) in [5.74, 6) is -0.210. The van der Waals surface area contributed by atoms with E-state index in [1.54, 1.807) is 24.3 Å². The number of ether oxygens (including phenoxy) is 1. The van der Waals surface area contributed by atoms with Gasteiger partial charge in [0, 0.05) is 6.04 Å². The zero-order chi connectivity index (χ0) is 17.6. The third-order valence-corrected chi connectivity index (χ3v) is 4.17. The second kappa shape index (κ2) is 7.74. The van der Waals surface area contributed by atoms with Gasteiger partial charge in [0.15, 0.2) is 0 Å². The molecule has 0 bridgehead atoms. The lowest BCUT2D eigenvalue weighted by Gasteiger charge is -2.12. The van der Waals surface area contributed by atoms with Gasteiger partial charge in [-0.3, -0.25) is 4.79 Å². The van der Waals surface area contributed by atoms with Gasteiger partial charge < -0.3 is 15.4 Å². The molecule has 0 spiro atoms. The maximum Gasteiger partial charge on any atom is 0.339 e. The number of hydrogen-bond donors (Lipinski definition) is 2. The summed E-state index contributed by atoms with van der Waals surface area (Å²) in [6.07, 6.45) is 7.23. The molecule has 1 amide bonds. The summed E-state index contributed by atoms with van der Waals surface area (Å²) in [4.78, 5) is 32.3. The number of esters is 1. The van der Waals surface area contributed by atoms with Gasteiger partial charge in [-0.1, -0.05) is 25.0 Å². The number of carbonyl (C=O) groups is 2. The molecule has 0 atom stereocenters. The first-order chi connectivity index (χ1) is 12.2. The first-order valence-electron chi connectivity index (χ1n) is 8.24. The van der Waals surface area contributed by atoms with Crippen LogP contribution in [0.25, 0.3) is 0 Å². The zero-order valence-electron chi connectivity index (χ0n) is 14.0. The van der Waals surface area contributed by atoms with Crippen LogP contribution in [0.4, 0.5) is 11.5 Å². The van der Waals surface area contributed by atoms with Crippen molar-refractivity contribution in [3.05, 3.63) is 47.9 Å². The topological polar surface area (TPSA) is 93.2 Å². The van der Waals surface area contributed by atoms with Gasteiger partial charge in [0.05, 0.1) is 30.8 Å². The Morgan fingerprint density at radius 3 is 2.56 bits per heavy atom. The van der Waals surface area contributed by atoms with Crippen LogP contribution in [0.5, 0.6) is 0 Å². The molecule has 0 radical (unpaired) electrons. The van der Waals surface area contributed by atoms with E-state index in [1.807, 2.05) is 0 Å². The van der Waals surface area contributed by atoms with Crippen molar-refractivity contribution in [2.75, 3.05) is 12.4 Å². The van der Waals surface area contributed by atoms with E-state index in [-0.39, 0.29) is 17.6 Å². The minimum Gasteiger partial charge on any atom is -0.465 e. The highest BCUT2D eigenvalue weighted by Gasteiger charge is 2.19. The molecule has 1 fully saturated rings. The Bertz CT molecular complexity index is 755. The van der Waals surface area contributed by atoms with Gasteiger partial charge in [-0.2, -0.15) is 0 Å². The van der Waals surface area contributed by atoms with Gasteiger partial charge in [-0.05, 0) is 25.0 Å². The fraction of sp³-hybridized carbons (Fsp3) is 0.333. The number of benzene rings is 1. The number of aromatic nitrogens is 2. The molecule has 0 unspecified atom stereocenters. The largest absolute Gasteiger partial charge is 0.465 e. The van der Waals surface area contributed by atoms with E-state index in [0.717, 1.165) is 25.7 Å². The highest BCUT2D eigenvalue weighted by molar-refractivity contribution is 5.96. The quantitative estimate of drug-likeness (QED) is 0.813. The summed E-state index contributed by atoms with van der Waals surface area (Å²) in [5.41, 5.74) is 1.24. The van der Waals surface area contributed by atoms with Crippen LogP contribution in [0.2, 0.25) is 0 Å². The molecule has 3 rings (SSSR count). The second-order valence-electron chi connectivity index (χ2n) is 5.90. The number of methoxy groups -OCH3 is 1. The zero-order valence-corrected chi connectivity index (χ0v) is 14.0. The summed E-state index contributed by atoms with van der Waals surface area (Å²) in [6, 6.07) is 7.18. The normalized spacial score (nSPS) is 14.1. The van der Waals surface area contributed by atoms with Crippen molar-refractivity contribution in [3.8, 4) is 0 Å². The van der Waals surface area contributed by atoms with Gasteiger partial charge in [0.25, 0.3) is 5.91 Å². The van der Waals surface area contributed by atoms with E-state index < -0.39 is 5.97 Å². The number of rotatable bonds is 5. The molecule has 2 N–H and O–H groups in total. The number of anilines is 2. The Kier molecular flexibility index (Phi) is 5.23. The fourth-order valence-corrected chi connectivity index (χ4v) is 2.86. The molecular formula is C18H20N4O3. The average Bonchev–Trinajstić information content (AvgIpc) is 3.15. The highest BCUT2D eigenvalue weighted by atomic mass is 16.5. The molecule has 1 aromatic carbocycles. The molecule has 1 saturated carbocycles. The number of hydrogen-bond acceptors (Lipinski definition) is 6. The molecule has 2 aromatic rings. The smallest absolute Gasteiger partial charge is 0.339 e. The van der Waals surface area contributed by atoms with Gasteiger partial charge >= 0.3 is 5.97 Å². The molecule has 1 aromatic heterocycles. The number of carbonyl (C=O) groups excluding carboxylic acids is 2. The molecule has 7 heteroatoms. The van der Waals surface area contributed by atoms with Crippen molar-refractivity contribution < 1.29 is 14.3 Å². The van der Waals surface area contributed by atoms with Crippen molar-refractivity contribution in [1.82, 2.24) is 15.3 Å². The molecule has 7 nitrogen and oxygen atoms in total. The van der Waals surface area contributed by atoms with Crippen LogP contribution in [-0.4, -0.2) is 35.0 Å². The lowest BCUT2D eigenvalue weighted by atomic mass is 10.2. The Balaban J connectivity index is 1.69. The second-order valence-corrected chi connectivity index (χ2v) is 5.90. The molecular weight excluding hydrogens is 320 g/mol. The first-order valence-corrected chi connectivity index (χ1v) is 8.24. The van der Waals surface area contributed by atoms with Crippen LogP contribution in [0, 0.1) is 0 Å². The van der Waals surface area contributed by atoms with Gasteiger partial charge in [-0.15, -0.1) is 0 Å². The Morgan fingerprint density at radius 1 is 1.12 bits per heavy atom. The van der Waals surface area contributed by atoms with Gasteiger partial charge in [0.2, 0.25) is 0 Å². The van der Waals surface area contributed by atoms with Crippen LogP contribution >= 0.6 is 0 Å². The highest BCUT2D eigenvalue weighted by Crippen LogP contribution is 2.20. The minimum atomic E-state index is -0.441. The molecule has 1 heterocycles. The molecule has 0 aliphatic heterocycles. The van der Waals surface area contributed by atoms with E-state index in [0.29, 0.717) is 17.1 Å². The number of nitrogens with zero attached hydrogens (tertiary/aromatic N) is 2. The lowest BCUT2D eigenvalue weighted by molar-refractivity contribution is 0.0601. The van der Waals surface area contributed by atoms with Crippen LogP contribution < -0.4 is 10.6 Å². The Labute approximate surface area is 145 Å². The van der Waals surface area contributed by atoms with E-state index in [1.165, 1.54) is 19.5 Å². The Morgan fingerprint density at radius 2 is 1.88 bits per heavy atom.